The van der Waals surface area contributed by atoms with Gasteiger partial charge >= 0.3 is 5.97 Å². The van der Waals surface area contributed by atoms with E-state index in [4.69, 9.17) is 10.5 Å². The maximum absolute atomic E-state index is 12.5. The van der Waals surface area contributed by atoms with Crippen LogP contribution in [0.2, 0.25) is 0 Å². The summed E-state index contributed by atoms with van der Waals surface area (Å²) >= 11 is 0. The molecule has 0 aliphatic carbocycles. The summed E-state index contributed by atoms with van der Waals surface area (Å²) in [6.45, 7) is 7.19. The van der Waals surface area contributed by atoms with Crippen molar-refractivity contribution >= 4 is 33.6 Å². The molecule has 0 saturated carbocycles. The largest absolute Gasteiger partial charge is 0.459 e. The van der Waals surface area contributed by atoms with Gasteiger partial charge in [-0.3, -0.25) is 19.6 Å². The van der Waals surface area contributed by atoms with Gasteiger partial charge in [-0.25, -0.2) is 0 Å². The molecule has 1 unspecified atom stereocenters. The molecule has 1 aromatic carbocycles. The van der Waals surface area contributed by atoms with Crippen molar-refractivity contribution in [3.63, 3.8) is 0 Å². The molecule has 0 aliphatic rings. The van der Waals surface area contributed by atoms with Gasteiger partial charge in [0.1, 0.15) is 11.6 Å². The zero-order chi connectivity index (χ0) is 20.5. The lowest BCUT2D eigenvalue weighted by atomic mass is 9.93. The first-order valence-corrected chi connectivity index (χ1v) is 9.37. The molecule has 3 aromatic rings. The molecule has 0 fully saturated rings. The number of esters is 1. The van der Waals surface area contributed by atoms with Gasteiger partial charge in [0.25, 0.3) is 0 Å². The minimum absolute atomic E-state index is 0.0351. The van der Waals surface area contributed by atoms with Crippen molar-refractivity contribution in [1.82, 2.24) is 9.97 Å². The van der Waals surface area contributed by atoms with E-state index in [1.54, 1.807) is 40.1 Å². The van der Waals surface area contributed by atoms with Gasteiger partial charge in [0.05, 0.1) is 11.0 Å². The highest BCUT2D eigenvalue weighted by Gasteiger charge is 2.25. The van der Waals surface area contributed by atoms with Crippen molar-refractivity contribution in [2.45, 2.75) is 52.2 Å². The lowest BCUT2D eigenvalue weighted by molar-refractivity contribution is -0.156. The van der Waals surface area contributed by atoms with E-state index in [2.05, 4.69) is 9.97 Å². The van der Waals surface area contributed by atoms with Crippen molar-refractivity contribution < 1.29 is 14.3 Å². The van der Waals surface area contributed by atoms with Crippen LogP contribution in [0.5, 0.6) is 0 Å². The zero-order valence-electron chi connectivity index (χ0n) is 16.7. The van der Waals surface area contributed by atoms with Crippen molar-refractivity contribution in [3.8, 4) is 0 Å². The van der Waals surface area contributed by atoms with Gasteiger partial charge in [0.2, 0.25) is 0 Å². The predicted molar refractivity (Wildman–Crippen MR) is 109 cm³/mol. The summed E-state index contributed by atoms with van der Waals surface area (Å²) in [5.41, 5.74) is 8.28. The number of nitrogens with two attached hydrogens (primary N) is 1. The molecule has 28 heavy (non-hydrogen) atoms. The number of carbonyl (C=O) groups is 2. The third-order valence-corrected chi connectivity index (χ3v) is 4.46. The molecule has 6 nitrogen and oxygen atoms in total. The van der Waals surface area contributed by atoms with Crippen molar-refractivity contribution in [2.75, 3.05) is 0 Å². The van der Waals surface area contributed by atoms with Gasteiger partial charge in [0, 0.05) is 35.2 Å². The lowest BCUT2D eigenvalue weighted by Gasteiger charge is -2.23. The summed E-state index contributed by atoms with van der Waals surface area (Å²) in [7, 11) is 0. The number of nitrogens with zero attached hydrogens (tertiary/aromatic N) is 2. The number of rotatable bonds is 5. The Kier molecular flexibility index (Phi) is 5.42. The monoisotopic (exact) mass is 379 g/mol. The number of ketones is 1. The van der Waals surface area contributed by atoms with Crippen LogP contribution >= 0.6 is 0 Å². The van der Waals surface area contributed by atoms with Crippen molar-refractivity contribution in [3.05, 3.63) is 47.8 Å². The highest BCUT2D eigenvalue weighted by molar-refractivity contribution is 6.04. The molecule has 0 saturated heterocycles. The number of Topliss-reactive ketones (excluding diaryl/α,β-unsaturated/α-hetero) is 1. The summed E-state index contributed by atoms with van der Waals surface area (Å²) in [5, 5.41) is 1.74. The Hall–Kier alpha value is -2.86. The molecule has 0 spiro atoms. The highest BCUT2D eigenvalue weighted by Crippen LogP contribution is 2.27. The summed E-state index contributed by atoms with van der Waals surface area (Å²) in [6, 6.07) is 6.77. The first-order chi connectivity index (χ1) is 13.2. The summed E-state index contributed by atoms with van der Waals surface area (Å²) in [4.78, 5) is 33.7. The van der Waals surface area contributed by atoms with Crippen LogP contribution in [-0.4, -0.2) is 33.4 Å². The lowest BCUT2D eigenvalue weighted by Crippen LogP contribution is -2.39. The minimum atomic E-state index is -0.877. The smallest absolute Gasteiger partial charge is 0.323 e. The Bertz CT molecular complexity index is 1050. The second-order valence-corrected chi connectivity index (χ2v) is 7.84. The van der Waals surface area contributed by atoms with E-state index in [9.17, 15) is 9.59 Å². The first kappa shape index (κ1) is 19.9. The first-order valence-electron chi connectivity index (χ1n) is 9.37. The SMILES string of the molecule is CCC(=O)c1cnc2cc3ncccc3cc2c1CC(N)C(=O)OC(C)(C)C. The van der Waals surface area contributed by atoms with Crippen LogP contribution in [0, 0.1) is 0 Å². The summed E-state index contributed by atoms with van der Waals surface area (Å²) in [6.07, 6.45) is 3.83. The number of benzene rings is 1. The number of fused-ring (bicyclic) bond motifs is 2. The molecule has 0 bridgehead atoms. The Morgan fingerprint density at radius 3 is 2.61 bits per heavy atom. The third kappa shape index (κ3) is 4.17. The molecule has 2 N–H and O–H groups in total. The Morgan fingerprint density at radius 1 is 1.18 bits per heavy atom. The molecule has 0 radical (unpaired) electrons. The molecule has 3 rings (SSSR count). The van der Waals surface area contributed by atoms with Crippen LogP contribution in [0.4, 0.5) is 0 Å². The molecule has 146 valence electrons. The van der Waals surface area contributed by atoms with E-state index in [0.717, 1.165) is 21.9 Å². The van der Waals surface area contributed by atoms with Crippen LogP contribution in [0.1, 0.15) is 50.0 Å². The van der Waals surface area contributed by atoms with E-state index in [1.807, 2.05) is 24.3 Å². The van der Waals surface area contributed by atoms with Crippen molar-refractivity contribution in [1.29, 1.82) is 0 Å². The van der Waals surface area contributed by atoms with Gasteiger partial charge in [-0.05, 0) is 51.0 Å². The zero-order valence-corrected chi connectivity index (χ0v) is 16.7. The summed E-state index contributed by atoms with van der Waals surface area (Å²) in [5.74, 6) is -0.526. The normalized spacial score (nSPS) is 12.9. The standard InChI is InChI=1S/C22H25N3O3/c1-5-20(26)16-12-25-19-11-18-13(7-6-8-24-18)9-15(19)14(16)10-17(23)21(27)28-22(2,3)4/h6-9,11-12,17H,5,10,23H2,1-4H3. The van der Waals surface area contributed by atoms with E-state index < -0.39 is 17.6 Å². The van der Waals surface area contributed by atoms with E-state index in [0.29, 0.717) is 17.5 Å². The molecule has 6 heteroatoms. The Morgan fingerprint density at radius 2 is 1.93 bits per heavy atom. The highest BCUT2D eigenvalue weighted by atomic mass is 16.6. The fourth-order valence-corrected chi connectivity index (χ4v) is 3.15. The fraction of sp³-hybridized carbons (Fsp3) is 0.364. The predicted octanol–water partition coefficient (Wildman–Crippen LogP) is 3.59. The van der Waals surface area contributed by atoms with E-state index in [-0.39, 0.29) is 12.2 Å². The number of aromatic nitrogens is 2. The van der Waals surface area contributed by atoms with Crippen molar-refractivity contribution in [2.24, 2.45) is 5.73 Å². The van der Waals surface area contributed by atoms with Gasteiger partial charge in [-0.1, -0.05) is 13.0 Å². The topological polar surface area (TPSA) is 95.2 Å². The third-order valence-electron chi connectivity index (χ3n) is 4.46. The van der Waals surface area contributed by atoms with Gasteiger partial charge in [-0.15, -0.1) is 0 Å². The second-order valence-electron chi connectivity index (χ2n) is 7.84. The molecule has 1 atom stereocenters. The fourth-order valence-electron chi connectivity index (χ4n) is 3.15. The molecule has 2 aromatic heterocycles. The Labute approximate surface area is 164 Å². The molecule has 2 heterocycles. The van der Waals surface area contributed by atoms with Crippen LogP contribution in [0.15, 0.2) is 36.7 Å². The number of pyridine rings is 2. The molecule has 0 amide bonds. The quantitative estimate of drug-likeness (QED) is 0.413. The van der Waals surface area contributed by atoms with Gasteiger partial charge in [-0.2, -0.15) is 0 Å². The number of ether oxygens (including phenoxy) is 1. The number of hydrogen-bond acceptors (Lipinski definition) is 6. The van der Waals surface area contributed by atoms with E-state index in [1.165, 1.54) is 0 Å². The second kappa shape index (κ2) is 7.64. The molecular formula is C22H25N3O3. The maximum atomic E-state index is 12.5. The van der Waals surface area contributed by atoms with E-state index >= 15 is 0 Å². The van der Waals surface area contributed by atoms with Crippen LogP contribution in [-0.2, 0) is 16.0 Å². The maximum Gasteiger partial charge on any atom is 0.323 e. The summed E-state index contributed by atoms with van der Waals surface area (Å²) < 4.78 is 5.41. The van der Waals surface area contributed by atoms with Crippen LogP contribution < -0.4 is 5.73 Å². The van der Waals surface area contributed by atoms with Crippen LogP contribution in [0.3, 0.4) is 0 Å². The van der Waals surface area contributed by atoms with Crippen LogP contribution in [0.25, 0.3) is 21.8 Å². The molecule has 0 aliphatic heterocycles. The average molecular weight is 379 g/mol. The number of carbonyl (C=O) groups excluding carboxylic acids is 2. The molecular weight excluding hydrogens is 354 g/mol. The average Bonchev–Trinajstić information content (AvgIpc) is 2.64. The minimum Gasteiger partial charge on any atom is -0.459 e. The van der Waals surface area contributed by atoms with Gasteiger partial charge in [0.15, 0.2) is 5.78 Å². The Balaban J connectivity index is 2.12. The number of hydrogen-bond donors (Lipinski definition) is 1. The van der Waals surface area contributed by atoms with Gasteiger partial charge < -0.3 is 10.5 Å².